The molecule has 0 spiro atoms. The van der Waals surface area contributed by atoms with Crippen molar-refractivity contribution in [2.45, 2.75) is 13.3 Å². The Kier molecular flexibility index (Phi) is 4.30. The predicted octanol–water partition coefficient (Wildman–Crippen LogP) is 4.62. The van der Waals surface area contributed by atoms with E-state index in [1.807, 2.05) is 24.3 Å². The third kappa shape index (κ3) is 3.07. The van der Waals surface area contributed by atoms with E-state index < -0.39 is 0 Å². The smallest absolute Gasteiger partial charge is 0.255 e. The highest BCUT2D eigenvalue weighted by atomic mass is 32.1. The van der Waals surface area contributed by atoms with Gasteiger partial charge in [-0.25, -0.2) is 0 Å². The molecule has 0 fully saturated rings. The molecule has 1 amide bonds. The molecule has 110 valence electrons. The molecule has 3 rings (SSSR count). The van der Waals surface area contributed by atoms with E-state index in [0.29, 0.717) is 5.56 Å². The Bertz CT molecular complexity index is 767. The lowest BCUT2D eigenvalue weighted by Gasteiger charge is -2.10. The van der Waals surface area contributed by atoms with E-state index in [9.17, 15) is 4.79 Å². The largest absolute Gasteiger partial charge is 0.322 e. The molecular weight excluding hydrogens is 292 g/mol. The van der Waals surface area contributed by atoms with Gasteiger partial charge in [0.2, 0.25) is 0 Å². The van der Waals surface area contributed by atoms with Crippen molar-refractivity contribution in [1.29, 1.82) is 0 Å². The Balaban J connectivity index is 1.91. The first-order valence-corrected chi connectivity index (χ1v) is 8.04. The van der Waals surface area contributed by atoms with Gasteiger partial charge in [0.1, 0.15) is 0 Å². The molecule has 0 aliphatic heterocycles. The molecule has 0 saturated carbocycles. The Labute approximate surface area is 133 Å². The molecule has 0 aliphatic rings. The van der Waals surface area contributed by atoms with Crippen molar-refractivity contribution in [2.24, 2.45) is 0 Å². The fourth-order valence-electron chi connectivity index (χ4n) is 2.33. The summed E-state index contributed by atoms with van der Waals surface area (Å²) >= 11 is 1.69. The number of hydrogen-bond donors (Lipinski definition) is 1. The summed E-state index contributed by atoms with van der Waals surface area (Å²) in [5, 5.41) is 4.95. The van der Waals surface area contributed by atoms with Gasteiger partial charge in [-0.3, -0.25) is 9.78 Å². The van der Waals surface area contributed by atoms with Gasteiger partial charge in [-0.05, 0) is 53.3 Å². The quantitative estimate of drug-likeness (QED) is 0.764. The van der Waals surface area contributed by atoms with Gasteiger partial charge in [0.15, 0.2) is 0 Å². The van der Waals surface area contributed by atoms with Crippen LogP contribution in [-0.2, 0) is 6.42 Å². The normalized spacial score (nSPS) is 10.4. The van der Waals surface area contributed by atoms with Crippen LogP contribution in [-0.4, -0.2) is 10.9 Å². The minimum absolute atomic E-state index is 0.105. The Morgan fingerprint density at radius 2 is 2.00 bits per heavy atom. The molecule has 0 atom stereocenters. The number of hydrogen-bond acceptors (Lipinski definition) is 3. The Hall–Kier alpha value is -2.46. The van der Waals surface area contributed by atoms with Gasteiger partial charge in [0, 0.05) is 28.5 Å². The first-order chi connectivity index (χ1) is 10.8. The van der Waals surface area contributed by atoms with E-state index in [4.69, 9.17) is 0 Å². The summed E-state index contributed by atoms with van der Waals surface area (Å²) in [6.45, 7) is 2.13. The monoisotopic (exact) mass is 308 g/mol. The highest BCUT2D eigenvalue weighted by molar-refractivity contribution is 7.13. The van der Waals surface area contributed by atoms with E-state index in [1.165, 1.54) is 10.4 Å². The van der Waals surface area contributed by atoms with Crippen molar-refractivity contribution in [3.8, 4) is 10.4 Å². The zero-order valence-corrected chi connectivity index (χ0v) is 13.1. The minimum atomic E-state index is -0.105. The average molecular weight is 308 g/mol. The summed E-state index contributed by atoms with van der Waals surface area (Å²) in [4.78, 5) is 17.5. The van der Waals surface area contributed by atoms with Crippen molar-refractivity contribution in [2.75, 3.05) is 5.32 Å². The maximum atomic E-state index is 12.4. The molecule has 0 unspecified atom stereocenters. The number of rotatable bonds is 4. The molecule has 3 nitrogen and oxygen atoms in total. The first-order valence-electron chi connectivity index (χ1n) is 7.16. The molecule has 0 radical (unpaired) electrons. The van der Waals surface area contributed by atoms with Crippen LogP contribution < -0.4 is 5.32 Å². The third-order valence-electron chi connectivity index (χ3n) is 3.48. The zero-order chi connectivity index (χ0) is 15.4. The molecular formula is C18H16N2OS. The van der Waals surface area contributed by atoms with Gasteiger partial charge in [-0.2, -0.15) is 0 Å². The molecule has 4 heteroatoms. The maximum Gasteiger partial charge on any atom is 0.255 e. The van der Waals surface area contributed by atoms with Crippen LogP contribution in [0.3, 0.4) is 0 Å². The molecule has 0 bridgehead atoms. The van der Waals surface area contributed by atoms with Gasteiger partial charge in [0.05, 0.1) is 0 Å². The number of nitrogens with zero attached hydrogens (tertiary/aromatic N) is 1. The van der Waals surface area contributed by atoms with Gasteiger partial charge >= 0.3 is 0 Å². The van der Waals surface area contributed by atoms with Crippen LogP contribution in [0, 0.1) is 0 Å². The average Bonchev–Trinajstić information content (AvgIpc) is 3.09. The van der Waals surface area contributed by atoms with Gasteiger partial charge in [-0.15, -0.1) is 11.3 Å². The molecule has 2 aromatic heterocycles. The standard InChI is InChI=1S/C18H16N2OS/c1-2-13-5-6-14(12-16(13)17-4-3-11-22-17)18(21)20-15-7-9-19-10-8-15/h3-12H,2H2,1H3,(H,19,20,21). The van der Waals surface area contributed by atoms with Crippen molar-refractivity contribution < 1.29 is 4.79 Å². The Morgan fingerprint density at radius 3 is 2.68 bits per heavy atom. The summed E-state index contributed by atoms with van der Waals surface area (Å²) in [6.07, 6.45) is 4.26. The maximum absolute atomic E-state index is 12.4. The van der Waals surface area contributed by atoms with Crippen LogP contribution in [0.2, 0.25) is 0 Å². The second-order valence-electron chi connectivity index (χ2n) is 4.89. The molecule has 2 heterocycles. The minimum Gasteiger partial charge on any atom is -0.322 e. The van der Waals surface area contributed by atoms with Crippen LogP contribution in [0.1, 0.15) is 22.8 Å². The number of benzene rings is 1. The number of amides is 1. The number of carbonyl (C=O) groups is 1. The number of carbonyl (C=O) groups excluding carboxylic acids is 1. The van der Waals surface area contributed by atoms with Crippen molar-refractivity contribution >= 4 is 22.9 Å². The first kappa shape index (κ1) is 14.5. The van der Waals surface area contributed by atoms with E-state index >= 15 is 0 Å². The number of aromatic nitrogens is 1. The van der Waals surface area contributed by atoms with Crippen LogP contribution in [0.4, 0.5) is 5.69 Å². The van der Waals surface area contributed by atoms with E-state index in [-0.39, 0.29) is 5.91 Å². The molecule has 22 heavy (non-hydrogen) atoms. The number of pyridine rings is 1. The van der Waals surface area contributed by atoms with E-state index in [1.54, 1.807) is 35.9 Å². The second-order valence-corrected chi connectivity index (χ2v) is 5.84. The molecule has 0 aliphatic carbocycles. The lowest BCUT2D eigenvalue weighted by atomic mass is 10.0. The molecule has 3 aromatic rings. The summed E-state index contributed by atoms with van der Waals surface area (Å²) in [7, 11) is 0. The molecule has 1 aromatic carbocycles. The zero-order valence-electron chi connectivity index (χ0n) is 12.2. The fourth-order valence-corrected chi connectivity index (χ4v) is 3.10. The number of nitrogens with one attached hydrogen (secondary N) is 1. The fraction of sp³-hybridized carbons (Fsp3) is 0.111. The van der Waals surface area contributed by atoms with Gasteiger partial charge < -0.3 is 5.32 Å². The van der Waals surface area contributed by atoms with E-state index in [0.717, 1.165) is 17.7 Å². The van der Waals surface area contributed by atoms with Crippen LogP contribution in [0.15, 0.2) is 60.2 Å². The van der Waals surface area contributed by atoms with Crippen LogP contribution in [0.25, 0.3) is 10.4 Å². The Morgan fingerprint density at radius 1 is 1.18 bits per heavy atom. The second kappa shape index (κ2) is 6.54. The molecule has 1 N–H and O–H groups in total. The highest BCUT2D eigenvalue weighted by Crippen LogP contribution is 2.29. The lowest BCUT2D eigenvalue weighted by Crippen LogP contribution is -2.12. The van der Waals surface area contributed by atoms with Crippen LogP contribution in [0.5, 0.6) is 0 Å². The summed E-state index contributed by atoms with van der Waals surface area (Å²) in [6, 6.07) is 13.6. The van der Waals surface area contributed by atoms with Gasteiger partial charge in [0.25, 0.3) is 5.91 Å². The van der Waals surface area contributed by atoms with E-state index in [2.05, 4.69) is 28.7 Å². The lowest BCUT2D eigenvalue weighted by molar-refractivity contribution is 0.102. The van der Waals surface area contributed by atoms with Crippen molar-refractivity contribution in [3.05, 3.63) is 71.4 Å². The highest BCUT2D eigenvalue weighted by Gasteiger charge is 2.11. The summed E-state index contributed by atoms with van der Waals surface area (Å²) in [5.74, 6) is -0.105. The SMILES string of the molecule is CCc1ccc(C(=O)Nc2ccncc2)cc1-c1cccs1. The number of aryl methyl sites for hydroxylation is 1. The summed E-state index contributed by atoms with van der Waals surface area (Å²) < 4.78 is 0. The number of anilines is 1. The van der Waals surface area contributed by atoms with Crippen molar-refractivity contribution in [3.63, 3.8) is 0 Å². The third-order valence-corrected chi connectivity index (χ3v) is 4.38. The van der Waals surface area contributed by atoms with Crippen molar-refractivity contribution in [1.82, 2.24) is 4.98 Å². The predicted molar refractivity (Wildman–Crippen MR) is 91.3 cm³/mol. The topological polar surface area (TPSA) is 42.0 Å². The van der Waals surface area contributed by atoms with Gasteiger partial charge in [-0.1, -0.05) is 19.1 Å². The van der Waals surface area contributed by atoms with Crippen LogP contribution >= 0.6 is 11.3 Å². The number of thiophene rings is 1. The summed E-state index contributed by atoms with van der Waals surface area (Å²) in [5.41, 5.74) is 3.80. The molecule has 0 saturated heterocycles.